The zero-order chi connectivity index (χ0) is 23.7. The van der Waals surface area contributed by atoms with Gasteiger partial charge in [0.05, 0.1) is 12.6 Å². The number of benzene rings is 2. The average Bonchev–Trinajstić information content (AvgIpc) is 3.23. The molecule has 5 rings (SSSR count). The van der Waals surface area contributed by atoms with Crippen LogP contribution in [0.4, 0.5) is 0 Å². The Morgan fingerprint density at radius 2 is 1.82 bits per heavy atom. The maximum absolute atomic E-state index is 13.7. The quantitative estimate of drug-likeness (QED) is 0.414. The SMILES string of the molecule is COc1ccc2cc3c(=O)n(CCc4ccc(Cl)cc4)c(C(=O)NC4CCCCC4)cn3c2c1. The van der Waals surface area contributed by atoms with Crippen molar-refractivity contribution in [3.8, 4) is 5.75 Å². The summed E-state index contributed by atoms with van der Waals surface area (Å²) in [7, 11) is 1.61. The van der Waals surface area contributed by atoms with Crippen LogP contribution < -0.4 is 15.6 Å². The third-order valence-corrected chi connectivity index (χ3v) is 7.02. The summed E-state index contributed by atoms with van der Waals surface area (Å²) in [6.45, 7) is 0.398. The first-order valence-electron chi connectivity index (χ1n) is 11.8. The molecule has 2 aromatic carbocycles. The number of methoxy groups -OCH3 is 1. The van der Waals surface area contributed by atoms with Crippen LogP contribution >= 0.6 is 11.6 Å². The van der Waals surface area contributed by atoms with Crippen LogP contribution in [0.25, 0.3) is 16.4 Å². The molecule has 7 heteroatoms. The van der Waals surface area contributed by atoms with Crippen molar-refractivity contribution < 1.29 is 9.53 Å². The highest BCUT2D eigenvalue weighted by atomic mass is 35.5. The second-order valence-electron chi connectivity index (χ2n) is 8.98. The molecule has 4 aromatic rings. The number of carbonyl (C=O) groups is 1. The van der Waals surface area contributed by atoms with Crippen molar-refractivity contribution in [3.05, 3.63) is 81.4 Å². The Balaban J connectivity index is 1.59. The molecule has 0 unspecified atom stereocenters. The number of nitrogens with one attached hydrogen (secondary N) is 1. The molecule has 1 fully saturated rings. The smallest absolute Gasteiger partial charge is 0.275 e. The summed E-state index contributed by atoms with van der Waals surface area (Å²) in [6, 6.07) is 15.3. The summed E-state index contributed by atoms with van der Waals surface area (Å²) >= 11 is 6.02. The van der Waals surface area contributed by atoms with E-state index in [4.69, 9.17) is 16.3 Å². The highest BCUT2D eigenvalue weighted by Gasteiger charge is 2.22. The molecule has 1 aliphatic carbocycles. The molecule has 2 heterocycles. The van der Waals surface area contributed by atoms with Crippen molar-refractivity contribution in [2.24, 2.45) is 0 Å². The molecule has 1 saturated carbocycles. The van der Waals surface area contributed by atoms with E-state index in [1.54, 1.807) is 17.9 Å². The molecule has 0 atom stereocenters. The number of aromatic nitrogens is 2. The van der Waals surface area contributed by atoms with E-state index in [1.165, 1.54) is 6.42 Å². The van der Waals surface area contributed by atoms with Gasteiger partial charge in [-0.15, -0.1) is 0 Å². The standard InChI is InChI=1S/C27H28ClN3O3/c1-34-22-12-9-19-15-24-27(33)30(14-13-18-7-10-20(28)11-8-18)25(17-31(24)23(19)16-22)26(32)29-21-5-3-2-4-6-21/h7-12,15-17,21H,2-6,13-14H2,1H3,(H,29,32). The Morgan fingerprint density at radius 1 is 1.06 bits per heavy atom. The van der Waals surface area contributed by atoms with Gasteiger partial charge in [-0.3, -0.25) is 9.59 Å². The molecule has 1 N–H and O–H groups in total. The molecule has 0 radical (unpaired) electrons. The van der Waals surface area contributed by atoms with Crippen LogP contribution in [0.2, 0.25) is 5.02 Å². The van der Waals surface area contributed by atoms with Gasteiger partial charge in [0.25, 0.3) is 11.5 Å². The summed E-state index contributed by atoms with van der Waals surface area (Å²) in [5.41, 5.74) is 2.62. The van der Waals surface area contributed by atoms with Gasteiger partial charge in [-0.1, -0.05) is 43.0 Å². The maximum Gasteiger partial charge on any atom is 0.275 e. The van der Waals surface area contributed by atoms with Gasteiger partial charge in [0.2, 0.25) is 0 Å². The second kappa shape index (κ2) is 9.55. The number of nitrogens with zero attached hydrogens (tertiary/aromatic N) is 2. The van der Waals surface area contributed by atoms with Gasteiger partial charge < -0.3 is 19.0 Å². The number of halogens is 1. The number of hydrogen-bond donors (Lipinski definition) is 1. The lowest BCUT2D eigenvalue weighted by molar-refractivity contribution is 0.0916. The first-order valence-corrected chi connectivity index (χ1v) is 12.2. The molecule has 0 spiro atoms. The summed E-state index contributed by atoms with van der Waals surface area (Å²) in [5.74, 6) is 0.499. The molecular weight excluding hydrogens is 450 g/mol. The number of fused-ring (bicyclic) bond motifs is 3. The van der Waals surface area contributed by atoms with Crippen LogP contribution in [0.1, 0.15) is 48.2 Å². The van der Waals surface area contributed by atoms with Crippen LogP contribution in [-0.2, 0) is 13.0 Å². The number of ether oxygens (including phenoxy) is 1. The van der Waals surface area contributed by atoms with Gasteiger partial charge in [-0.05, 0) is 55.2 Å². The minimum Gasteiger partial charge on any atom is -0.497 e. The lowest BCUT2D eigenvalue weighted by Crippen LogP contribution is -2.40. The molecule has 34 heavy (non-hydrogen) atoms. The van der Waals surface area contributed by atoms with E-state index in [2.05, 4.69) is 5.32 Å². The largest absolute Gasteiger partial charge is 0.497 e. The van der Waals surface area contributed by atoms with E-state index >= 15 is 0 Å². The number of hydrogen-bond acceptors (Lipinski definition) is 3. The van der Waals surface area contributed by atoms with E-state index in [9.17, 15) is 9.59 Å². The predicted octanol–water partition coefficient (Wildman–Crippen LogP) is 5.22. The molecule has 6 nitrogen and oxygen atoms in total. The molecule has 176 valence electrons. The summed E-state index contributed by atoms with van der Waals surface area (Å²) in [6.07, 6.45) is 7.81. The molecule has 2 aromatic heterocycles. The monoisotopic (exact) mass is 477 g/mol. The van der Waals surface area contributed by atoms with Crippen molar-refractivity contribution >= 4 is 33.9 Å². The highest BCUT2D eigenvalue weighted by Crippen LogP contribution is 2.24. The molecule has 0 aliphatic heterocycles. The Bertz CT molecular complexity index is 1400. The second-order valence-corrected chi connectivity index (χ2v) is 9.42. The van der Waals surface area contributed by atoms with Crippen molar-refractivity contribution in [1.29, 1.82) is 0 Å². The van der Waals surface area contributed by atoms with Crippen molar-refractivity contribution in [3.63, 3.8) is 0 Å². The van der Waals surface area contributed by atoms with Gasteiger partial charge in [0.15, 0.2) is 0 Å². The third-order valence-electron chi connectivity index (χ3n) is 6.77. The van der Waals surface area contributed by atoms with Crippen molar-refractivity contribution in [1.82, 2.24) is 14.3 Å². The lowest BCUT2D eigenvalue weighted by Gasteiger charge is -2.23. The van der Waals surface area contributed by atoms with E-state index < -0.39 is 0 Å². The van der Waals surface area contributed by atoms with Gasteiger partial charge in [-0.2, -0.15) is 0 Å². The topological polar surface area (TPSA) is 64.7 Å². The van der Waals surface area contributed by atoms with Crippen molar-refractivity contribution in [2.45, 2.75) is 51.1 Å². The predicted molar refractivity (Wildman–Crippen MR) is 135 cm³/mol. The fourth-order valence-corrected chi connectivity index (χ4v) is 5.00. The number of rotatable bonds is 6. The van der Waals surface area contributed by atoms with Gasteiger partial charge in [0, 0.05) is 35.3 Å². The van der Waals surface area contributed by atoms with Gasteiger partial charge in [0.1, 0.15) is 17.0 Å². The minimum atomic E-state index is -0.202. The number of aryl methyl sites for hydroxylation is 1. The van der Waals surface area contributed by atoms with Crippen LogP contribution in [0.15, 0.2) is 59.5 Å². The Labute approximate surface area is 203 Å². The van der Waals surface area contributed by atoms with Crippen molar-refractivity contribution in [2.75, 3.05) is 7.11 Å². The van der Waals surface area contributed by atoms with Gasteiger partial charge in [-0.25, -0.2) is 0 Å². The zero-order valence-electron chi connectivity index (χ0n) is 19.2. The summed E-state index contributed by atoms with van der Waals surface area (Å²) in [4.78, 5) is 27.1. The fourth-order valence-electron chi connectivity index (χ4n) is 4.87. The minimum absolute atomic E-state index is 0.151. The lowest BCUT2D eigenvalue weighted by atomic mass is 9.95. The molecule has 1 aliphatic rings. The Hall–Kier alpha value is -3.25. The number of carbonyl (C=O) groups excluding carboxylic acids is 1. The Kier molecular flexibility index (Phi) is 6.33. The van der Waals surface area contributed by atoms with E-state index in [-0.39, 0.29) is 17.5 Å². The van der Waals surface area contributed by atoms with Crippen LogP contribution in [-0.4, -0.2) is 28.0 Å². The zero-order valence-corrected chi connectivity index (χ0v) is 20.0. The van der Waals surface area contributed by atoms with Crippen LogP contribution in [0.3, 0.4) is 0 Å². The fraction of sp³-hybridized carbons (Fsp3) is 0.333. The van der Waals surface area contributed by atoms with Crippen LogP contribution in [0, 0.1) is 0 Å². The third kappa shape index (κ3) is 4.42. The van der Waals surface area contributed by atoms with E-state index in [0.29, 0.717) is 34.9 Å². The summed E-state index contributed by atoms with van der Waals surface area (Å²) < 4.78 is 8.81. The Morgan fingerprint density at radius 3 is 2.56 bits per heavy atom. The first kappa shape index (κ1) is 22.5. The molecule has 1 amide bonds. The normalized spacial score (nSPS) is 14.5. The van der Waals surface area contributed by atoms with Crippen LogP contribution in [0.5, 0.6) is 5.75 Å². The first-order chi connectivity index (χ1) is 16.5. The maximum atomic E-state index is 13.7. The molecular formula is C27H28ClN3O3. The summed E-state index contributed by atoms with van der Waals surface area (Å²) in [5, 5.41) is 4.78. The highest BCUT2D eigenvalue weighted by molar-refractivity contribution is 6.30. The molecule has 0 bridgehead atoms. The molecule has 0 saturated heterocycles. The number of amides is 1. The average molecular weight is 478 g/mol. The van der Waals surface area contributed by atoms with E-state index in [1.807, 2.05) is 52.9 Å². The van der Waals surface area contributed by atoms with Gasteiger partial charge >= 0.3 is 0 Å². The van der Waals surface area contributed by atoms with E-state index in [0.717, 1.165) is 42.1 Å².